The van der Waals surface area contributed by atoms with Crippen molar-refractivity contribution in [2.75, 3.05) is 33.2 Å². The van der Waals surface area contributed by atoms with E-state index >= 15 is 0 Å². The van der Waals surface area contributed by atoms with Gasteiger partial charge in [-0.15, -0.1) is 0 Å². The number of likely N-dealkylation sites (tertiary alicyclic amines) is 2. The van der Waals surface area contributed by atoms with Crippen LogP contribution in [0.3, 0.4) is 0 Å². The number of carboxylic acid groups (broad SMARTS) is 1. The molecule has 0 unspecified atom stereocenters. The second-order valence-corrected chi connectivity index (χ2v) is 11.4. The quantitative estimate of drug-likeness (QED) is 0.450. The van der Waals surface area contributed by atoms with Crippen LogP contribution in [0.2, 0.25) is 0 Å². The SMILES string of the molecule is CN1CCC(n2cnc3cc(F)ccc32)CC1.O=C(O)[C@@H](C1CCCCC1)N1CC[C@@H](c2ccccc2)C1. The summed E-state index contributed by atoms with van der Waals surface area (Å²) < 4.78 is 15.3. The third-order valence-corrected chi connectivity index (χ3v) is 8.85. The van der Waals surface area contributed by atoms with Crippen molar-refractivity contribution in [3.8, 4) is 0 Å². The Kier molecular flexibility index (Phi) is 8.75. The molecule has 2 saturated heterocycles. The Morgan fingerprint density at radius 2 is 1.71 bits per heavy atom. The van der Waals surface area contributed by atoms with Gasteiger partial charge in [-0.25, -0.2) is 9.37 Å². The standard InChI is InChI=1S/C18H25NO2.C13H16FN3/c20-18(21)17(15-9-5-2-6-10-15)19-12-11-16(13-19)14-7-3-1-4-8-14;1-16-6-4-11(5-7-16)17-9-15-12-8-10(14)2-3-13(12)17/h1,3-4,7-8,15-17H,2,5-6,9-13H2,(H,20,21);2-3,8-9,11H,4-7H2,1H3/t16-,17-;/m1./s1. The molecule has 0 bridgehead atoms. The zero-order chi connectivity index (χ0) is 26.5. The third-order valence-electron chi connectivity index (χ3n) is 8.85. The fourth-order valence-corrected chi connectivity index (χ4v) is 6.71. The molecule has 0 radical (unpaired) electrons. The van der Waals surface area contributed by atoms with Gasteiger partial charge in [0.25, 0.3) is 0 Å². The predicted octanol–water partition coefficient (Wildman–Crippen LogP) is 5.95. The first-order chi connectivity index (χ1) is 18.5. The normalized spacial score (nSPS) is 22.7. The minimum absolute atomic E-state index is 0.217. The lowest BCUT2D eigenvalue weighted by Crippen LogP contribution is -2.45. The molecule has 2 aromatic carbocycles. The molecule has 1 aliphatic carbocycles. The van der Waals surface area contributed by atoms with Crippen LogP contribution in [0.5, 0.6) is 0 Å². The number of halogens is 1. The lowest BCUT2D eigenvalue weighted by Gasteiger charge is -2.33. The van der Waals surface area contributed by atoms with Crippen molar-refractivity contribution >= 4 is 17.0 Å². The molecule has 204 valence electrons. The largest absolute Gasteiger partial charge is 0.480 e. The molecule has 0 amide bonds. The maximum Gasteiger partial charge on any atom is 0.321 e. The van der Waals surface area contributed by atoms with E-state index in [1.807, 2.05) is 18.5 Å². The minimum Gasteiger partial charge on any atom is -0.480 e. The Hall–Kier alpha value is -2.77. The number of imidazole rings is 1. The second kappa shape index (κ2) is 12.4. The van der Waals surface area contributed by atoms with E-state index in [0.29, 0.717) is 17.9 Å². The van der Waals surface area contributed by atoms with Crippen molar-refractivity contribution in [1.82, 2.24) is 19.4 Å². The number of carboxylic acids is 1. The van der Waals surface area contributed by atoms with Gasteiger partial charge in [0.15, 0.2) is 0 Å². The summed E-state index contributed by atoms with van der Waals surface area (Å²) >= 11 is 0. The van der Waals surface area contributed by atoms with Crippen LogP contribution in [0.25, 0.3) is 11.0 Å². The average Bonchev–Trinajstić information content (AvgIpc) is 3.58. The maximum absolute atomic E-state index is 13.1. The summed E-state index contributed by atoms with van der Waals surface area (Å²) in [6, 6.07) is 15.6. The van der Waals surface area contributed by atoms with Gasteiger partial charge >= 0.3 is 5.97 Å². The first kappa shape index (κ1) is 26.8. The molecule has 1 saturated carbocycles. The van der Waals surface area contributed by atoms with Crippen LogP contribution in [0.4, 0.5) is 4.39 Å². The molecular weight excluding hydrogens is 479 g/mol. The van der Waals surface area contributed by atoms with Gasteiger partial charge < -0.3 is 14.6 Å². The molecule has 3 fully saturated rings. The molecule has 3 aromatic rings. The Labute approximate surface area is 225 Å². The summed E-state index contributed by atoms with van der Waals surface area (Å²) in [6.45, 7) is 4.06. The van der Waals surface area contributed by atoms with Gasteiger partial charge in [0, 0.05) is 18.7 Å². The van der Waals surface area contributed by atoms with Crippen LogP contribution in [-0.4, -0.2) is 69.7 Å². The molecule has 2 atom stereocenters. The molecule has 3 heterocycles. The number of aromatic nitrogens is 2. The molecule has 1 N–H and O–H groups in total. The van der Waals surface area contributed by atoms with Crippen molar-refractivity contribution in [3.05, 3.63) is 66.2 Å². The van der Waals surface area contributed by atoms with Crippen molar-refractivity contribution in [2.24, 2.45) is 5.92 Å². The third kappa shape index (κ3) is 6.26. The van der Waals surface area contributed by atoms with Crippen LogP contribution in [0.15, 0.2) is 54.9 Å². The van der Waals surface area contributed by atoms with Crippen molar-refractivity contribution in [1.29, 1.82) is 0 Å². The van der Waals surface area contributed by atoms with Gasteiger partial charge in [0.05, 0.1) is 17.4 Å². The predicted molar refractivity (Wildman–Crippen MR) is 149 cm³/mol. The van der Waals surface area contributed by atoms with E-state index in [1.165, 1.54) is 37.0 Å². The highest BCUT2D eigenvalue weighted by molar-refractivity contribution is 5.75. The number of benzene rings is 2. The van der Waals surface area contributed by atoms with Gasteiger partial charge in [-0.2, -0.15) is 0 Å². The summed E-state index contributed by atoms with van der Waals surface area (Å²) in [5, 5.41) is 9.70. The number of hydrogen-bond acceptors (Lipinski definition) is 4. The Morgan fingerprint density at radius 3 is 2.42 bits per heavy atom. The number of piperidine rings is 1. The van der Waals surface area contributed by atoms with Crippen LogP contribution >= 0.6 is 0 Å². The average molecular weight is 521 g/mol. The molecule has 3 aliphatic rings. The van der Waals surface area contributed by atoms with Gasteiger partial charge in [-0.1, -0.05) is 49.6 Å². The van der Waals surface area contributed by atoms with Crippen molar-refractivity contribution in [3.63, 3.8) is 0 Å². The number of fused-ring (bicyclic) bond motifs is 1. The van der Waals surface area contributed by atoms with E-state index in [-0.39, 0.29) is 11.9 Å². The zero-order valence-corrected chi connectivity index (χ0v) is 22.5. The molecule has 6 nitrogen and oxygen atoms in total. The first-order valence-electron chi connectivity index (χ1n) is 14.3. The van der Waals surface area contributed by atoms with Gasteiger partial charge in [-0.05, 0) is 88.3 Å². The van der Waals surface area contributed by atoms with Gasteiger partial charge in [-0.3, -0.25) is 9.69 Å². The highest BCUT2D eigenvalue weighted by Crippen LogP contribution is 2.34. The number of hydrogen-bond donors (Lipinski definition) is 1. The van der Waals surface area contributed by atoms with E-state index in [1.54, 1.807) is 0 Å². The van der Waals surface area contributed by atoms with Crippen LogP contribution in [0, 0.1) is 11.7 Å². The van der Waals surface area contributed by atoms with Crippen LogP contribution in [-0.2, 0) is 4.79 Å². The Bertz CT molecular complexity index is 1190. The molecule has 1 aromatic heterocycles. The zero-order valence-electron chi connectivity index (χ0n) is 22.5. The summed E-state index contributed by atoms with van der Waals surface area (Å²) in [4.78, 5) is 20.6. The molecule has 2 aliphatic heterocycles. The number of nitrogens with zero attached hydrogens (tertiary/aromatic N) is 4. The molecular formula is C31H41FN4O2. The molecule has 38 heavy (non-hydrogen) atoms. The topological polar surface area (TPSA) is 61.6 Å². The highest BCUT2D eigenvalue weighted by atomic mass is 19.1. The maximum atomic E-state index is 13.1. The Morgan fingerprint density at radius 1 is 0.974 bits per heavy atom. The van der Waals surface area contributed by atoms with E-state index in [0.717, 1.165) is 69.3 Å². The van der Waals surface area contributed by atoms with Crippen molar-refractivity contribution in [2.45, 2.75) is 69.4 Å². The van der Waals surface area contributed by atoms with Crippen molar-refractivity contribution < 1.29 is 14.3 Å². The van der Waals surface area contributed by atoms with E-state index in [4.69, 9.17) is 0 Å². The van der Waals surface area contributed by atoms with Gasteiger partial charge in [0.1, 0.15) is 11.9 Å². The van der Waals surface area contributed by atoms with Gasteiger partial charge in [0.2, 0.25) is 0 Å². The van der Waals surface area contributed by atoms with E-state index in [2.05, 4.69) is 50.7 Å². The summed E-state index contributed by atoms with van der Waals surface area (Å²) in [5.74, 6) is 0.0177. The summed E-state index contributed by atoms with van der Waals surface area (Å²) in [7, 11) is 2.15. The lowest BCUT2D eigenvalue weighted by molar-refractivity contribution is -0.145. The minimum atomic E-state index is -0.615. The monoisotopic (exact) mass is 520 g/mol. The van der Waals surface area contributed by atoms with Crippen LogP contribution < -0.4 is 0 Å². The fraction of sp³-hybridized carbons (Fsp3) is 0.548. The van der Waals surface area contributed by atoms with E-state index < -0.39 is 5.97 Å². The fourth-order valence-electron chi connectivity index (χ4n) is 6.71. The molecule has 0 spiro atoms. The second-order valence-electron chi connectivity index (χ2n) is 11.4. The molecule has 6 rings (SSSR count). The first-order valence-corrected chi connectivity index (χ1v) is 14.3. The number of carbonyl (C=O) groups is 1. The summed E-state index contributed by atoms with van der Waals surface area (Å²) in [5.41, 5.74) is 3.15. The lowest BCUT2D eigenvalue weighted by atomic mass is 9.83. The Balaban J connectivity index is 0.000000158. The van der Waals surface area contributed by atoms with Crippen LogP contribution in [0.1, 0.15) is 68.9 Å². The highest BCUT2D eigenvalue weighted by Gasteiger charge is 2.38. The molecule has 7 heteroatoms. The number of aliphatic carboxylic acids is 1. The number of rotatable bonds is 5. The van der Waals surface area contributed by atoms with E-state index in [9.17, 15) is 14.3 Å². The smallest absolute Gasteiger partial charge is 0.321 e. The summed E-state index contributed by atoms with van der Waals surface area (Å²) in [6.07, 6.45) is 11.1.